The molecule has 222 valence electrons. The Morgan fingerprint density at radius 3 is 2.55 bits per heavy atom. The summed E-state index contributed by atoms with van der Waals surface area (Å²) in [7, 11) is 0. The molecule has 0 unspecified atom stereocenters. The van der Waals surface area contributed by atoms with Crippen LogP contribution in [0, 0.1) is 6.92 Å². The Labute approximate surface area is 244 Å². The second kappa shape index (κ2) is 12.6. The molecular weight excluding hydrogens is 541 g/mol. The predicted octanol–water partition coefficient (Wildman–Crippen LogP) is 2.42. The van der Waals surface area contributed by atoms with E-state index in [-0.39, 0.29) is 6.54 Å². The first-order valence-corrected chi connectivity index (χ1v) is 14.4. The third-order valence-corrected chi connectivity index (χ3v) is 8.19. The summed E-state index contributed by atoms with van der Waals surface area (Å²) in [6.45, 7) is 7.36. The van der Waals surface area contributed by atoms with Gasteiger partial charge in [-0.2, -0.15) is 4.98 Å². The number of alkyl halides is 1. The van der Waals surface area contributed by atoms with Gasteiger partial charge in [0.05, 0.1) is 25.8 Å². The van der Waals surface area contributed by atoms with Crippen molar-refractivity contribution >= 4 is 23.2 Å². The van der Waals surface area contributed by atoms with Crippen molar-refractivity contribution in [3.05, 3.63) is 54.4 Å². The van der Waals surface area contributed by atoms with Crippen LogP contribution in [0.25, 0.3) is 11.4 Å². The Hall–Kier alpha value is -3.87. The number of likely N-dealkylation sites (tertiary alicyclic amines) is 1. The second-order valence-corrected chi connectivity index (χ2v) is 11.0. The van der Waals surface area contributed by atoms with Crippen LogP contribution in [-0.4, -0.2) is 113 Å². The van der Waals surface area contributed by atoms with Gasteiger partial charge in [0.25, 0.3) is 0 Å². The van der Waals surface area contributed by atoms with E-state index in [1.54, 1.807) is 6.07 Å². The van der Waals surface area contributed by atoms with Crippen LogP contribution in [0.15, 0.2) is 48.8 Å². The maximum atomic E-state index is 14.7. The van der Waals surface area contributed by atoms with E-state index in [0.29, 0.717) is 36.5 Å². The average molecular weight is 578 g/mol. The number of aryl methyl sites for hydroxylation is 1. The molecule has 12 heteroatoms. The van der Waals surface area contributed by atoms with Crippen molar-refractivity contribution in [2.75, 3.05) is 69.3 Å². The fraction of sp³-hybridized carbons (Fsp3) is 0.467. The number of benzene rings is 2. The van der Waals surface area contributed by atoms with Crippen LogP contribution in [0.4, 0.5) is 21.7 Å². The number of hydrogen-bond donors (Lipinski definition) is 2. The lowest BCUT2D eigenvalue weighted by Crippen LogP contribution is -2.56. The van der Waals surface area contributed by atoms with Crippen molar-refractivity contribution in [2.45, 2.75) is 31.7 Å². The summed E-state index contributed by atoms with van der Waals surface area (Å²) in [5.41, 5.74) is 3.69. The van der Waals surface area contributed by atoms with Crippen molar-refractivity contribution < 1.29 is 23.8 Å². The fourth-order valence-corrected chi connectivity index (χ4v) is 5.59. The normalized spacial score (nSPS) is 21.6. The van der Waals surface area contributed by atoms with Crippen molar-refractivity contribution in [1.82, 2.24) is 24.8 Å². The fourth-order valence-electron chi connectivity index (χ4n) is 5.59. The highest BCUT2D eigenvalue weighted by molar-refractivity contribution is 5.77. The van der Waals surface area contributed by atoms with Crippen LogP contribution in [0.2, 0.25) is 0 Å². The summed E-state index contributed by atoms with van der Waals surface area (Å²) in [4.78, 5) is 31.2. The smallest absolute Gasteiger partial charge is 0.248 e. The maximum Gasteiger partial charge on any atom is 0.248 e. The number of rotatable bonds is 8. The number of nitrogens with zero attached hydrogens (tertiary/aromatic N) is 6. The van der Waals surface area contributed by atoms with Crippen LogP contribution in [0.3, 0.4) is 0 Å². The van der Waals surface area contributed by atoms with Gasteiger partial charge in [0.15, 0.2) is 12.0 Å². The number of piperazine rings is 1. The molecule has 2 aromatic carbocycles. The Morgan fingerprint density at radius 2 is 1.88 bits per heavy atom. The van der Waals surface area contributed by atoms with E-state index in [4.69, 9.17) is 14.6 Å². The molecule has 11 nitrogen and oxygen atoms in total. The standard InChI is InChI=1S/C30H36FN7O4/c1-20-14-21(2-7-26(20)42-27-8-9-38(15-25(27)31)28(40)16-39)29-32-19-33-30(35-29)34-22-3-5-23(6-4-22)36-10-12-37(13-11-36)24-17-41-18-24/h2-7,14,19,24-25,27,39H,8-13,15-18H2,1H3,(H,32,33,34,35)/t25-,27-/m1/s1. The highest BCUT2D eigenvalue weighted by Crippen LogP contribution is 2.29. The predicted molar refractivity (Wildman–Crippen MR) is 156 cm³/mol. The molecule has 3 fully saturated rings. The number of carbonyl (C=O) groups is 1. The molecule has 1 amide bonds. The van der Waals surface area contributed by atoms with E-state index in [0.717, 1.165) is 56.2 Å². The highest BCUT2D eigenvalue weighted by atomic mass is 19.1. The monoisotopic (exact) mass is 577 g/mol. The van der Waals surface area contributed by atoms with Gasteiger partial charge >= 0.3 is 0 Å². The first-order chi connectivity index (χ1) is 20.5. The lowest BCUT2D eigenvalue weighted by molar-refractivity contribution is -0.138. The van der Waals surface area contributed by atoms with Crippen molar-refractivity contribution in [2.24, 2.45) is 0 Å². The molecule has 3 aliphatic heterocycles. The van der Waals surface area contributed by atoms with Gasteiger partial charge in [-0.25, -0.2) is 14.4 Å². The topological polar surface area (TPSA) is 116 Å². The van der Waals surface area contributed by atoms with E-state index in [2.05, 4.69) is 42.2 Å². The number of aliphatic hydroxyl groups excluding tert-OH is 1. The number of aliphatic hydroxyl groups is 1. The Balaban J connectivity index is 1.05. The molecule has 42 heavy (non-hydrogen) atoms. The minimum absolute atomic E-state index is 0.0852. The minimum atomic E-state index is -1.34. The zero-order chi connectivity index (χ0) is 29.1. The van der Waals surface area contributed by atoms with Gasteiger partial charge in [0, 0.05) is 56.1 Å². The summed E-state index contributed by atoms with van der Waals surface area (Å²) < 4.78 is 26.0. The van der Waals surface area contributed by atoms with Crippen LogP contribution in [-0.2, 0) is 9.53 Å². The van der Waals surface area contributed by atoms with Gasteiger partial charge in [0.2, 0.25) is 11.9 Å². The van der Waals surface area contributed by atoms with Gasteiger partial charge in [-0.05, 0) is 55.0 Å². The molecule has 0 radical (unpaired) electrons. The number of halogens is 1. The number of anilines is 3. The maximum absolute atomic E-state index is 14.7. The molecule has 0 saturated carbocycles. The lowest BCUT2D eigenvalue weighted by atomic mass is 10.0. The number of piperidine rings is 1. The van der Waals surface area contributed by atoms with E-state index in [1.165, 1.54) is 16.9 Å². The lowest BCUT2D eigenvalue weighted by Gasteiger charge is -2.43. The second-order valence-electron chi connectivity index (χ2n) is 11.0. The van der Waals surface area contributed by atoms with Crippen LogP contribution < -0.4 is 15.0 Å². The van der Waals surface area contributed by atoms with Crippen LogP contribution in [0.1, 0.15) is 12.0 Å². The number of ether oxygens (including phenoxy) is 2. The van der Waals surface area contributed by atoms with E-state index < -0.39 is 24.8 Å². The van der Waals surface area contributed by atoms with E-state index in [1.807, 2.05) is 31.2 Å². The van der Waals surface area contributed by atoms with Crippen molar-refractivity contribution in [3.8, 4) is 17.1 Å². The first-order valence-electron chi connectivity index (χ1n) is 14.4. The molecule has 3 saturated heterocycles. The summed E-state index contributed by atoms with van der Waals surface area (Å²) in [5, 5.41) is 12.3. The molecule has 2 atom stereocenters. The Morgan fingerprint density at radius 1 is 1.10 bits per heavy atom. The molecule has 0 aliphatic carbocycles. The molecule has 2 N–H and O–H groups in total. The largest absolute Gasteiger partial charge is 0.487 e. The SMILES string of the molecule is Cc1cc(-c2ncnc(Nc3ccc(N4CCN(C5COC5)CC4)cc3)n2)ccc1O[C@@H]1CCN(C(=O)CO)C[C@H]1F. The zero-order valence-corrected chi connectivity index (χ0v) is 23.7. The number of aromatic nitrogens is 3. The summed E-state index contributed by atoms with van der Waals surface area (Å²) in [5.74, 6) is 1.04. The molecular formula is C30H36FN7O4. The van der Waals surface area contributed by atoms with E-state index in [9.17, 15) is 9.18 Å². The number of hydrogen-bond acceptors (Lipinski definition) is 10. The zero-order valence-electron chi connectivity index (χ0n) is 23.7. The molecule has 0 spiro atoms. The minimum Gasteiger partial charge on any atom is -0.487 e. The van der Waals surface area contributed by atoms with Crippen molar-refractivity contribution in [3.63, 3.8) is 0 Å². The Bertz CT molecular complexity index is 1380. The third-order valence-electron chi connectivity index (χ3n) is 8.19. The number of nitrogens with one attached hydrogen (secondary N) is 1. The summed E-state index contributed by atoms with van der Waals surface area (Å²) in [6.07, 6.45) is -0.175. The van der Waals surface area contributed by atoms with Gasteiger partial charge in [0.1, 0.15) is 24.8 Å². The average Bonchev–Trinajstić information content (AvgIpc) is 2.99. The van der Waals surface area contributed by atoms with Gasteiger partial charge in [-0.1, -0.05) is 0 Å². The van der Waals surface area contributed by atoms with Gasteiger partial charge in [-0.3, -0.25) is 9.69 Å². The van der Waals surface area contributed by atoms with E-state index >= 15 is 0 Å². The molecule has 1 aromatic heterocycles. The molecule has 3 aromatic rings. The van der Waals surface area contributed by atoms with Crippen molar-refractivity contribution in [1.29, 1.82) is 0 Å². The molecule has 4 heterocycles. The summed E-state index contributed by atoms with van der Waals surface area (Å²) in [6, 6.07) is 14.4. The number of carbonyl (C=O) groups excluding carboxylic acids is 1. The van der Waals surface area contributed by atoms with Crippen LogP contribution in [0.5, 0.6) is 5.75 Å². The quantitative estimate of drug-likeness (QED) is 0.414. The Kier molecular flexibility index (Phi) is 8.45. The van der Waals surface area contributed by atoms with Gasteiger partial charge < -0.3 is 29.7 Å². The third kappa shape index (κ3) is 6.30. The van der Waals surface area contributed by atoms with Crippen LogP contribution >= 0.6 is 0 Å². The molecule has 0 bridgehead atoms. The summed E-state index contributed by atoms with van der Waals surface area (Å²) >= 11 is 0. The highest BCUT2D eigenvalue weighted by Gasteiger charge is 2.33. The number of amides is 1. The van der Waals surface area contributed by atoms with Gasteiger partial charge in [-0.15, -0.1) is 0 Å². The first kappa shape index (κ1) is 28.3. The molecule has 3 aliphatic rings. The molecule has 6 rings (SSSR count).